The van der Waals surface area contributed by atoms with Crippen LogP contribution in [-0.4, -0.2) is 17.6 Å². The average molecular weight is 332 g/mol. The molecule has 1 heterocycles. The highest BCUT2D eigenvalue weighted by atomic mass is 35.5. The predicted octanol–water partition coefficient (Wildman–Crippen LogP) is 3.97. The highest BCUT2D eigenvalue weighted by molar-refractivity contribution is 6.30. The van der Waals surface area contributed by atoms with Crippen LogP contribution in [-0.2, 0) is 6.54 Å². The molecule has 2 rings (SSSR count). The summed E-state index contributed by atoms with van der Waals surface area (Å²) < 4.78 is 45.5. The molecule has 0 bridgehead atoms. The smallest absolute Gasteiger partial charge is 0.269 e. The third-order valence-corrected chi connectivity index (χ3v) is 3.26. The number of halogens is 4. The van der Waals surface area contributed by atoms with Crippen molar-refractivity contribution in [3.05, 3.63) is 51.5 Å². The fourth-order valence-electron chi connectivity index (χ4n) is 2.07. The molecule has 0 atom stereocenters. The molecule has 2 aromatic rings. The number of alkyl halides is 2. The van der Waals surface area contributed by atoms with Crippen molar-refractivity contribution in [2.24, 2.45) is 0 Å². The minimum absolute atomic E-state index is 0.0258. The monoisotopic (exact) mass is 331 g/mol. The first-order valence-electron chi connectivity index (χ1n) is 6.54. The SMILES string of the molecule is CCOc1ccc(-c2ccc(Cl)c(=O)n2CC(F)F)c(F)c1. The van der Waals surface area contributed by atoms with Crippen LogP contribution in [0.15, 0.2) is 35.1 Å². The molecule has 1 aromatic carbocycles. The lowest BCUT2D eigenvalue weighted by atomic mass is 10.1. The van der Waals surface area contributed by atoms with Crippen molar-refractivity contribution in [2.75, 3.05) is 6.61 Å². The Morgan fingerprint density at radius 1 is 1.27 bits per heavy atom. The Morgan fingerprint density at radius 2 is 2.00 bits per heavy atom. The van der Waals surface area contributed by atoms with E-state index < -0.39 is 24.3 Å². The number of benzene rings is 1. The van der Waals surface area contributed by atoms with Gasteiger partial charge in [-0.2, -0.15) is 0 Å². The summed E-state index contributed by atoms with van der Waals surface area (Å²) in [4.78, 5) is 11.9. The molecule has 0 saturated carbocycles. The second-order valence-electron chi connectivity index (χ2n) is 4.45. The van der Waals surface area contributed by atoms with Gasteiger partial charge in [0.2, 0.25) is 0 Å². The van der Waals surface area contributed by atoms with E-state index in [1.54, 1.807) is 6.92 Å². The molecule has 1 aromatic heterocycles. The molecule has 0 unspecified atom stereocenters. The van der Waals surface area contributed by atoms with Crippen LogP contribution in [0.5, 0.6) is 5.75 Å². The van der Waals surface area contributed by atoms with Gasteiger partial charge in [-0.3, -0.25) is 4.79 Å². The second-order valence-corrected chi connectivity index (χ2v) is 4.86. The van der Waals surface area contributed by atoms with E-state index in [1.807, 2.05) is 0 Å². The molecule has 0 amide bonds. The van der Waals surface area contributed by atoms with Crippen LogP contribution in [0.1, 0.15) is 6.92 Å². The standard InChI is InChI=1S/C15H13ClF3NO2/c1-2-22-9-3-4-10(12(17)7-9)13-6-5-11(16)15(21)20(13)8-14(18)19/h3-7,14H,2,8H2,1H3. The molecule has 22 heavy (non-hydrogen) atoms. The van der Waals surface area contributed by atoms with E-state index in [0.29, 0.717) is 12.4 Å². The molecular formula is C15H13ClF3NO2. The molecule has 0 saturated heterocycles. The van der Waals surface area contributed by atoms with Crippen molar-refractivity contribution in [3.63, 3.8) is 0 Å². The van der Waals surface area contributed by atoms with Crippen LogP contribution in [0.2, 0.25) is 5.02 Å². The van der Waals surface area contributed by atoms with Gasteiger partial charge in [-0.15, -0.1) is 0 Å². The maximum Gasteiger partial charge on any atom is 0.269 e. The quantitative estimate of drug-likeness (QED) is 0.830. The maximum atomic E-state index is 14.2. The van der Waals surface area contributed by atoms with Gasteiger partial charge in [0, 0.05) is 11.6 Å². The Hall–Kier alpha value is -1.95. The fourth-order valence-corrected chi connectivity index (χ4v) is 2.23. The van der Waals surface area contributed by atoms with Crippen molar-refractivity contribution in [1.29, 1.82) is 0 Å². The Morgan fingerprint density at radius 3 is 2.59 bits per heavy atom. The molecule has 0 spiro atoms. The van der Waals surface area contributed by atoms with Gasteiger partial charge in [-0.1, -0.05) is 11.6 Å². The normalized spacial score (nSPS) is 11.0. The number of rotatable bonds is 5. The zero-order valence-electron chi connectivity index (χ0n) is 11.7. The summed E-state index contributed by atoms with van der Waals surface area (Å²) in [5.74, 6) is -0.351. The van der Waals surface area contributed by atoms with Gasteiger partial charge in [0.05, 0.1) is 18.8 Å². The van der Waals surface area contributed by atoms with E-state index in [0.717, 1.165) is 10.6 Å². The third-order valence-electron chi connectivity index (χ3n) is 2.98. The second kappa shape index (κ2) is 6.87. The molecule has 118 valence electrons. The summed E-state index contributed by atoms with van der Waals surface area (Å²) in [5, 5.41) is -0.198. The molecule has 0 fully saturated rings. The van der Waals surface area contributed by atoms with Crippen LogP contribution < -0.4 is 10.3 Å². The number of hydrogen-bond donors (Lipinski definition) is 0. The van der Waals surface area contributed by atoms with Crippen molar-refractivity contribution in [2.45, 2.75) is 19.9 Å². The molecule has 0 aliphatic heterocycles. The zero-order chi connectivity index (χ0) is 16.3. The van der Waals surface area contributed by atoms with Crippen LogP contribution >= 0.6 is 11.6 Å². The van der Waals surface area contributed by atoms with Gasteiger partial charge in [0.1, 0.15) is 16.6 Å². The summed E-state index contributed by atoms with van der Waals surface area (Å²) in [6.07, 6.45) is -2.76. The Labute approximate surface area is 129 Å². The van der Waals surface area contributed by atoms with E-state index in [1.165, 1.54) is 24.3 Å². The number of pyridine rings is 1. The highest BCUT2D eigenvalue weighted by Crippen LogP contribution is 2.26. The molecule has 0 aliphatic carbocycles. The lowest BCUT2D eigenvalue weighted by Crippen LogP contribution is -2.25. The van der Waals surface area contributed by atoms with Crippen LogP contribution in [0.25, 0.3) is 11.3 Å². The zero-order valence-corrected chi connectivity index (χ0v) is 12.4. The minimum Gasteiger partial charge on any atom is -0.494 e. The maximum absolute atomic E-state index is 14.2. The average Bonchev–Trinajstić information content (AvgIpc) is 2.45. The number of aromatic nitrogens is 1. The number of hydrogen-bond acceptors (Lipinski definition) is 2. The van der Waals surface area contributed by atoms with E-state index in [9.17, 15) is 18.0 Å². The molecule has 0 radical (unpaired) electrons. The summed E-state index contributed by atoms with van der Waals surface area (Å²) in [7, 11) is 0. The first-order chi connectivity index (χ1) is 10.4. The summed E-state index contributed by atoms with van der Waals surface area (Å²) in [6, 6.07) is 6.63. The van der Waals surface area contributed by atoms with Gasteiger partial charge in [0.25, 0.3) is 12.0 Å². The van der Waals surface area contributed by atoms with E-state index in [2.05, 4.69) is 0 Å². The summed E-state index contributed by atoms with van der Waals surface area (Å²) in [6.45, 7) is 1.27. The largest absolute Gasteiger partial charge is 0.494 e. The summed E-state index contributed by atoms with van der Waals surface area (Å²) in [5.41, 5.74) is -0.721. The Bertz CT molecular complexity index is 731. The summed E-state index contributed by atoms with van der Waals surface area (Å²) >= 11 is 5.67. The van der Waals surface area contributed by atoms with Crippen molar-refractivity contribution in [3.8, 4) is 17.0 Å². The van der Waals surface area contributed by atoms with Crippen LogP contribution in [0.3, 0.4) is 0 Å². The third kappa shape index (κ3) is 3.44. The van der Waals surface area contributed by atoms with Crippen molar-refractivity contribution < 1.29 is 17.9 Å². The van der Waals surface area contributed by atoms with Gasteiger partial charge in [-0.05, 0) is 31.2 Å². The van der Waals surface area contributed by atoms with Crippen LogP contribution in [0, 0.1) is 5.82 Å². The number of ether oxygens (including phenoxy) is 1. The lowest BCUT2D eigenvalue weighted by molar-refractivity contribution is 0.126. The minimum atomic E-state index is -2.76. The van der Waals surface area contributed by atoms with Gasteiger partial charge in [0.15, 0.2) is 0 Å². The predicted molar refractivity (Wildman–Crippen MR) is 78.3 cm³/mol. The van der Waals surface area contributed by atoms with E-state index in [-0.39, 0.29) is 16.3 Å². The molecule has 3 nitrogen and oxygen atoms in total. The molecule has 0 N–H and O–H groups in total. The Balaban J connectivity index is 2.57. The molecule has 7 heteroatoms. The Kier molecular flexibility index (Phi) is 5.13. The topological polar surface area (TPSA) is 31.2 Å². The molecule has 0 aliphatic rings. The van der Waals surface area contributed by atoms with Gasteiger partial charge >= 0.3 is 0 Å². The van der Waals surface area contributed by atoms with E-state index in [4.69, 9.17) is 16.3 Å². The fraction of sp³-hybridized carbons (Fsp3) is 0.267. The lowest BCUT2D eigenvalue weighted by Gasteiger charge is -2.14. The first kappa shape index (κ1) is 16.4. The first-order valence-corrected chi connectivity index (χ1v) is 6.92. The van der Waals surface area contributed by atoms with Crippen LogP contribution in [0.4, 0.5) is 13.2 Å². The molecular weight excluding hydrogens is 319 g/mol. The highest BCUT2D eigenvalue weighted by Gasteiger charge is 2.16. The van der Waals surface area contributed by atoms with Crippen molar-refractivity contribution in [1.82, 2.24) is 4.57 Å². The number of nitrogens with zero attached hydrogens (tertiary/aromatic N) is 1. The van der Waals surface area contributed by atoms with Gasteiger partial charge < -0.3 is 9.30 Å². The van der Waals surface area contributed by atoms with Crippen molar-refractivity contribution >= 4 is 11.6 Å². The van der Waals surface area contributed by atoms with Gasteiger partial charge in [-0.25, -0.2) is 13.2 Å². The van der Waals surface area contributed by atoms with E-state index >= 15 is 0 Å².